The maximum absolute atomic E-state index is 13.0. The van der Waals surface area contributed by atoms with Gasteiger partial charge in [0.2, 0.25) is 0 Å². The molecule has 1 aliphatic heterocycles. The van der Waals surface area contributed by atoms with Crippen LogP contribution in [-0.4, -0.2) is 18.1 Å². The number of anilines is 1. The van der Waals surface area contributed by atoms with E-state index in [1.54, 1.807) is 6.07 Å². The molecule has 21 heavy (non-hydrogen) atoms. The Kier molecular flexibility index (Phi) is 3.48. The molecule has 1 fully saturated rings. The van der Waals surface area contributed by atoms with Crippen molar-refractivity contribution in [2.45, 2.75) is 25.9 Å². The van der Waals surface area contributed by atoms with Crippen LogP contribution in [0.15, 0.2) is 18.2 Å². The van der Waals surface area contributed by atoms with Crippen molar-refractivity contribution in [3.05, 3.63) is 34.5 Å². The topological polar surface area (TPSA) is 16.1 Å². The van der Waals surface area contributed by atoms with Crippen molar-refractivity contribution in [2.75, 3.05) is 18.0 Å². The Bertz CT molecular complexity index is 691. The molecule has 1 aromatic carbocycles. The zero-order chi connectivity index (χ0) is 15.2. The lowest BCUT2D eigenvalue weighted by molar-refractivity contribution is -0.141. The average molecular weight is 315 g/mol. The molecule has 0 aliphatic carbocycles. The standard InChI is InChI=1S/C15H14ClF3N2/c1-9-13(16)11-8-10(21-6-2-3-7-21)4-5-12(11)20-14(9)15(17,18)19/h4-5,8H,2-3,6-7H2,1H3. The number of hydrogen-bond donors (Lipinski definition) is 0. The van der Waals surface area contributed by atoms with Gasteiger partial charge in [-0.3, -0.25) is 0 Å². The lowest BCUT2D eigenvalue weighted by atomic mass is 10.1. The van der Waals surface area contributed by atoms with Crippen LogP contribution in [-0.2, 0) is 6.18 Å². The molecule has 2 aromatic rings. The third-order valence-electron chi connectivity index (χ3n) is 3.87. The maximum Gasteiger partial charge on any atom is 0.433 e. The molecule has 2 nitrogen and oxygen atoms in total. The number of nitrogens with zero attached hydrogens (tertiary/aromatic N) is 2. The summed E-state index contributed by atoms with van der Waals surface area (Å²) in [7, 11) is 0. The zero-order valence-electron chi connectivity index (χ0n) is 11.5. The van der Waals surface area contributed by atoms with Gasteiger partial charge in [0.1, 0.15) is 5.69 Å². The number of hydrogen-bond acceptors (Lipinski definition) is 2. The van der Waals surface area contributed by atoms with Crippen molar-refractivity contribution in [1.82, 2.24) is 4.98 Å². The summed E-state index contributed by atoms with van der Waals surface area (Å²) >= 11 is 6.16. The Balaban J connectivity index is 2.16. The van der Waals surface area contributed by atoms with E-state index in [0.29, 0.717) is 5.39 Å². The molecule has 0 N–H and O–H groups in total. The number of aromatic nitrogens is 1. The third kappa shape index (κ3) is 2.55. The molecule has 2 heterocycles. The Morgan fingerprint density at radius 3 is 2.48 bits per heavy atom. The van der Waals surface area contributed by atoms with Gasteiger partial charge in [0, 0.05) is 24.2 Å². The van der Waals surface area contributed by atoms with Crippen molar-refractivity contribution in [3.63, 3.8) is 0 Å². The van der Waals surface area contributed by atoms with E-state index in [0.717, 1.165) is 31.6 Å². The summed E-state index contributed by atoms with van der Waals surface area (Å²) in [4.78, 5) is 5.96. The Morgan fingerprint density at radius 1 is 1.19 bits per heavy atom. The fourth-order valence-electron chi connectivity index (χ4n) is 2.76. The molecule has 1 aromatic heterocycles. The molecule has 1 saturated heterocycles. The van der Waals surface area contributed by atoms with Gasteiger partial charge in [-0.1, -0.05) is 11.6 Å². The summed E-state index contributed by atoms with van der Waals surface area (Å²) in [5, 5.41) is 0.708. The molecule has 3 rings (SSSR count). The van der Waals surface area contributed by atoms with Crippen LogP contribution in [0.5, 0.6) is 0 Å². The SMILES string of the molecule is Cc1c(C(F)(F)F)nc2ccc(N3CCCC3)cc2c1Cl. The molecule has 0 amide bonds. The van der Waals surface area contributed by atoms with E-state index >= 15 is 0 Å². The first-order valence-corrected chi connectivity index (χ1v) is 7.18. The van der Waals surface area contributed by atoms with Crippen LogP contribution < -0.4 is 4.90 Å². The Labute approximate surface area is 125 Å². The molecule has 6 heteroatoms. The third-order valence-corrected chi connectivity index (χ3v) is 4.36. The van der Waals surface area contributed by atoms with Crippen LogP contribution in [0.1, 0.15) is 24.1 Å². The zero-order valence-corrected chi connectivity index (χ0v) is 12.2. The molecule has 0 spiro atoms. The fourth-order valence-corrected chi connectivity index (χ4v) is 3.00. The minimum Gasteiger partial charge on any atom is -0.372 e. The van der Waals surface area contributed by atoms with E-state index in [1.807, 2.05) is 12.1 Å². The molecule has 0 unspecified atom stereocenters. The highest BCUT2D eigenvalue weighted by Gasteiger charge is 2.35. The molecular formula is C15H14ClF3N2. The molecule has 1 aliphatic rings. The van der Waals surface area contributed by atoms with Crippen LogP contribution in [0.2, 0.25) is 5.02 Å². The first kappa shape index (κ1) is 14.4. The van der Waals surface area contributed by atoms with Gasteiger partial charge in [0.05, 0.1) is 10.5 Å². The minimum atomic E-state index is -4.49. The van der Waals surface area contributed by atoms with Gasteiger partial charge in [-0.2, -0.15) is 13.2 Å². The molecule has 0 atom stereocenters. The first-order valence-electron chi connectivity index (χ1n) is 6.80. The summed E-state index contributed by atoms with van der Waals surface area (Å²) in [6.07, 6.45) is -2.22. The fraction of sp³-hybridized carbons (Fsp3) is 0.400. The average Bonchev–Trinajstić information content (AvgIpc) is 2.95. The lowest BCUT2D eigenvalue weighted by Crippen LogP contribution is -2.17. The van der Waals surface area contributed by atoms with Gasteiger partial charge < -0.3 is 4.90 Å². The summed E-state index contributed by atoms with van der Waals surface area (Å²) in [6, 6.07) is 5.26. The smallest absolute Gasteiger partial charge is 0.372 e. The summed E-state index contributed by atoms with van der Waals surface area (Å²) < 4.78 is 38.9. The quantitative estimate of drug-likeness (QED) is 0.750. The van der Waals surface area contributed by atoms with Gasteiger partial charge in [-0.05, 0) is 43.5 Å². The minimum absolute atomic E-state index is 0.0183. The summed E-state index contributed by atoms with van der Waals surface area (Å²) in [5.74, 6) is 0. The van der Waals surface area contributed by atoms with Gasteiger partial charge in [-0.25, -0.2) is 4.98 Å². The molecule has 0 saturated carbocycles. The highest BCUT2D eigenvalue weighted by Crippen LogP contribution is 2.38. The van der Waals surface area contributed by atoms with Gasteiger partial charge in [0.15, 0.2) is 0 Å². The highest BCUT2D eigenvalue weighted by atomic mass is 35.5. The van der Waals surface area contributed by atoms with Crippen LogP contribution in [0.4, 0.5) is 18.9 Å². The summed E-state index contributed by atoms with van der Waals surface area (Å²) in [5.41, 5.74) is 0.341. The highest BCUT2D eigenvalue weighted by molar-refractivity contribution is 6.36. The molecule has 0 radical (unpaired) electrons. The van der Waals surface area contributed by atoms with Crippen molar-refractivity contribution in [2.24, 2.45) is 0 Å². The van der Waals surface area contributed by atoms with Crippen molar-refractivity contribution < 1.29 is 13.2 Å². The van der Waals surface area contributed by atoms with E-state index < -0.39 is 11.9 Å². The van der Waals surface area contributed by atoms with Gasteiger partial charge in [0.25, 0.3) is 0 Å². The number of fused-ring (bicyclic) bond motifs is 1. The van der Waals surface area contributed by atoms with E-state index in [-0.39, 0.29) is 16.1 Å². The number of alkyl halides is 3. The number of halogens is 4. The van der Waals surface area contributed by atoms with E-state index in [9.17, 15) is 13.2 Å². The molecular weight excluding hydrogens is 301 g/mol. The maximum atomic E-state index is 13.0. The normalized spacial score (nSPS) is 16.0. The second-order valence-corrected chi connectivity index (χ2v) is 5.67. The van der Waals surface area contributed by atoms with Crippen LogP contribution >= 0.6 is 11.6 Å². The first-order chi connectivity index (χ1) is 9.88. The molecule has 0 bridgehead atoms. The Morgan fingerprint density at radius 2 is 1.86 bits per heavy atom. The van der Waals surface area contributed by atoms with Crippen LogP contribution in [0, 0.1) is 6.92 Å². The van der Waals surface area contributed by atoms with E-state index in [4.69, 9.17) is 11.6 Å². The second-order valence-electron chi connectivity index (χ2n) is 5.29. The molecule has 112 valence electrons. The number of pyridine rings is 1. The van der Waals surface area contributed by atoms with Crippen LogP contribution in [0.25, 0.3) is 10.9 Å². The van der Waals surface area contributed by atoms with Gasteiger partial charge in [-0.15, -0.1) is 0 Å². The predicted octanol–water partition coefficient (Wildman–Crippen LogP) is 4.82. The number of rotatable bonds is 1. The van der Waals surface area contributed by atoms with Crippen molar-refractivity contribution in [1.29, 1.82) is 0 Å². The Hall–Kier alpha value is -1.49. The predicted molar refractivity (Wildman–Crippen MR) is 77.9 cm³/mol. The largest absolute Gasteiger partial charge is 0.433 e. The van der Waals surface area contributed by atoms with Gasteiger partial charge >= 0.3 is 6.18 Å². The van der Waals surface area contributed by atoms with Crippen molar-refractivity contribution >= 4 is 28.2 Å². The summed E-state index contributed by atoms with van der Waals surface area (Å²) in [6.45, 7) is 3.30. The van der Waals surface area contributed by atoms with Crippen LogP contribution in [0.3, 0.4) is 0 Å². The monoisotopic (exact) mass is 314 g/mol. The second kappa shape index (κ2) is 5.05. The number of benzene rings is 1. The lowest BCUT2D eigenvalue weighted by Gasteiger charge is -2.19. The van der Waals surface area contributed by atoms with Crippen molar-refractivity contribution in [3.8, 4) is 0 Å². The van der Waals surface area contributed by atoms with E-state index in [1.165, 1.54) is 6.92 Å². The van der Waals surface area contributed by atoms with E-state index in [2.05, 4.69) is 9.88 Å².